The molecule has 0 fully saturated rings. The van der Waals surface area contributed by atoms with Gasteiger partial charge in [-0.1, -0.05) is 12.1 Å². The molecule has 1 aromatic heterocycles. The molecule has 3 N–H and O–H groups in total. The number of hydrogen-bond acceptors (Lipinski definition) is 5. The molecule has 0 aromatic carbocycles. The predicted molar refractivity (Wildman–Crippen MR) is 62.5 cm³/mol. The van der Waals surface area contributed by atoms with E-state index >= 15 is 0 Å². The second-order valence-electron chi connectivity index (χ2n) is 4.27. The Morgan fingerprint density at radius 3 is 3.18 bits per heavy atom. The van der Waals surface area contributed by atoms with Crippen molar-refractivity contribution in [3.8, 4) is 0 Å². The third kappa shape index (κ3) is 2.55. The summed E-state index contributed by atoms with van der Waals surface area (Å²) in [4.78, 5) is 2.31. The molecule has 17 heavy (non-hydrogen) atoms. The Morgan fingerprint density at radius 1 is 1.65 bits per heavy atom. The quantitative estimate of drug-likeness (QED) is 0.333. The molecule has 1 atom stereocenters. The summed E-state index contributed by atoms with van der Waals surface area (Å²) >= 11 is 0. The average Bonchev–Trinajstić information content (AvgIpc) is 2.82. The first kappa shape index (κ1) is 11.8. The lowest BCUT2D eigenvalue weighted by molar-refractivity contribution is 0.150. The number of rotatable bonds is 4. The van der Waals surface area contributed by atoms with Crippen molar-refractivity contribution in [3.63, 3.8) is 0 Å². The SMILES string of the molecule is CCC(CC(N)=NO)N1CCn2cnnc2C1. The molecule has 2 rings (SSSR count). The lowest BCUT2D eigenvalue weighted by Gasteiger charge is -2.33. The predicted octanol–water partition coefficient (Wildman–Crippen LogP) is 0.00880. The molecule has 1 unspecified atom stereocenters. The van der Waals surface area contributed by atoms with E-state index in [9.17, 15) is 0 Å². The average molecular weight is 238 g/mol. The summed E-state index contributed by atoms with van der Waals surface area (Å²) in [7, 11) is 0. The van der Waals surface area contributed by atoms with Crippen molar-refractivity contribution in [2.24, 2.45) is 10.9 Å². The molecular weight excluding hydrogens is 220 g/mol. The minimum Gasteiger partial charge on any atom is -0.409 e. The van der Waals surface area contributed by atoms with Crippen LogP contribution in [-0.4, -0.2) is 43.3 Å². The van der Waals surface area contributed by atoms with Crippen LogP contribution in [0.5, 0.6) is 0 Å². The Hall–Kier alpha value is -1.63. The van der Waals surface area contributed by atoms with Gasteiger partial charge in [0, 0.05) is 25.6 Å². The zero-order chi connectivity index (χ0) is 12.3. The normalized spacial score (nSPS) is 19.0. The van der Waals surface area contributed by atoms with E-state index in [1.54, 1.807) is 6.33 Å². The topological polar surface area (TPSA) is 92.6 Å². The van der Waals surface area contributed by atoms with E-state index in [1.807, 2.05) is 0 Å². The molecule has 0 saturated heterocycles. The van der Waals surface area contributed by atoms with Crippen molar-refractivity contribution in [3.05, 3.63) is 12.2 Å². The fourth-order valence-corrected chi connectivity index (χ4v) is 2.21. The summed E-state index contributed by atoms with van der Waals surface area (Å²) in [6, 6.07) is 0.288. The molecule has 0 amide bonds. The van der Waals surface area contributed by atoms with Gasteiger partial charge in [0.1, 0.15) is 18.0 Å². The van der Waals surface area contributed by atoms with Gasteiger partial charge in [0.05, 0.1) is 6.54 Å². The summed E-state index contributed by atoms with van der Waals surface area (Å²) in [5.41, 5.74) is 5.57. The summed E-state index contributed by atoms with van der Waals surface area (Å²) in [5, 5.41) is 19.6. The van der Waals surface area contributed by atoms with E-state index in [0.717, 1.165) is 31.9 Å². The zero-order valence-electron chi connectivity index (χ0n) is 9.95. The Balaban J connectivity index is 2.03. The van der Waals surface area contributed by atoms with Gasteiger partial charge in [0.2, 0.25) is 0 Å². The van der Waals surface area contributed by atoms with Gasteiger partial charge in [-0.05, 0) is 6.42 Å². The largest absolute Gasteiger partial charge is 0.409 e. The maximum atomic E-state index is 8.62. The van der Waals surface area contributed by atoms with Gasteiger partial charge >= 0.3 is 0 Å². The standard InChI is InChI=1S/C10H18N6O/c1-2-8(5-9(11)14-17)15-3-4-16-7-12-13-10(16)6-15/h7-8,17H,2-6H2,1H3,(H2,11,14). The highest BCUT2D eigenvalue weighted by Gasteiger charge is 2.24. The molecule has 1 aliphatic rings. The van der Waals surface area contributed by atoms with E-state index in [2.05, 4.69) is 31.7 Å². The molecule has 0 saturated carbocycles. The Bertz CT molecular complexity index is 401. The highest BCUT2D eigenvalue weighted by Crippen LogP contribution is 2.16. The van der Waals surface area contributed by atoms with E-state index in [1.165, 1.54) is 0 Å². The van der Waals surface area contributed by atoms with Crippen LogP contribution in [0.2, 0.25) is 0 Å². The van der Waals surface area contributed by atoms with Crippen LogP contribution in [0.25, 0.3) is 0 Å². The second-order valence-corrected chi connectivity index (χ2v) is 4.27. The van der Waals surface area contributed by atoms with Gasteiger partial charge in [-0.15, -0.1) is 10.2 Å². The highest BCUT2D eigenvalue weighted by atomic mass is 16.4. The smallest absolute Gasteiger partial charge is 0.147 e. The van der Waals surface area contributed by atoms with E-state index in [4.69, 9.17) is 10.9 Å². The first-order chi connectivity index (χ1) is 8.24. The monoisotopic (exact) mass is 238 g/mol. The molecule has 7 heteroatoms. The number of hydrogen-bond donors (Lipinski definition) is 2. The summed E-state index contributed by atoms with van der Waals surface area (Å²) < 4.78 is 2.06. The van der Waals surface area contributed by atoms with Crippen LogP contribution < -0.4 is 5.73 Å². The van der Waals surface area contributed by atoms with Gasteiger partial charge in [-0.25, -0.2) is 0 Å². The first-order valence-electron chi connectivity index (χ1n) is 5.81. The van der Waals surface area contributed by atoms with Crippen molar-refractivity contribution in [2.45, 2.75) is 38.9 Å². The molecule has 0 aliphatic carbocycles. The third-order valence-electron chi connectivity index (χ3n) is 3.23. The zero-order valence-corrected chi connectivity index (χ0v) is 9.95. The third-order valence-corrected chi connectivity index (χ3v) is 3.23. The fraction of sp³-hybridized carbons (Fsp3) is 0.700. The van der Waals surface area contributed by atoms with Crippen LogP contribution in [0.4, 0.5) is 0 Å². The van der Waals surface area contributed by atoms with Crippen molar-refractivity contribution in [1.82, 2.24) is 19.7 Å². The lowest BCUT2D eigenvalue weighted by atomic mass is 10.1. The molecule has 1 aliphatic heterocycles. The van der Waals surface area contributed by atoms with Crippen molar-refractivity contribution in [2.75, 3.05) is 6.54 Å². The van der Waals surface area contributed by atoms with Crippen LogP contribution in [0.15, 0.2) is 11.5 Å². The van der Waals surface area contributed by atoms with Crippen LogP contribution in [0.3, 0.4) is 0 Å². The first-order valence-corrected chi connectivity index (χ1v) is 5.81. The highest BCUT2D eigenvalue weighted by molar-refractivity contribution is 5.80. The summed E-state index contributed by atoms with van der Waals surface area (Å²) in [6.07, 6.45) is 3.31. The Labute approximate surface area is 99.9 Å². The van der Waals surface area contributed by atoms with Crippen LogP contribution in [-0.2, 0) is 13.1 Å². The number of oxime groups is 1. The van der Waals surface area contributed by atoms with E-state index < -0.39 is 0 Å². The van der Waals surface area contributed by atoms with Crippen molar-refractivity contribution in [1.29, 1.82) is 0 Å². The number of amidine groups is 1. The van der Waals surface area contributed by atoms with Crippen molar-refractivity contribution >= 4 is 5.84 Å². The lowest BCUT2D eigenvalue weighted by Crippen LogP contribution is -2.42. The Kier molecular flexibility index (Phi) is 3.58. The number of aromatic nitrogens is 3. The maximum Gasteiger partial charge on any atom is 0.147 e. The molecule has 7 nitrogen and oxygen atoms in total. The van der Waals surface area contributed by atoms with Gasteiger partial charge in [0.15, 0.2) is 0 Å². The second kappa shape index (κ2) is 5.13. The van der Waals surface area contributed by atoms with Crippen LogP contribution in [0.1, 0.15) is 25.6 Å². The molecular formula is C10H18N6O. The fourth-order valence-electron chi connectivity index (χ4n) is 2.21. The number of nitrogens with two attached hydrogens (primary N) is 1. The van der Waals surface area contributed by atoms with Crippen molar-refractivity contribution < 1.29 is 5.21 Å². The van der Waals surface area contributed by atoms with Gasteiger partial charge < -0.3 is 15.5 Å². The molecule has 0 spiro atoms. The van der Waals surface area contributed by atoms with E-state index in [0.29, 0.717) is 6.42 Å². The number of nitrogens with zero attached hydrogens (tertiary/aromatic N) is 5. The van der Waals surface area contributed by atoms with Gasteiger partial charge in [-0.2, -0.15) is 0 Å². The summed E-state index contributed by atoms with van der Waals surface area (Å²) in [5.74, 6) is 1.26. The maximum absolute atomic E-state index is 8.62. The molecule has 0 radical (unpaired) electrons. The molecule has 1 aromatic rings. The molecule has 94 valence electrons. The molecule has 0 bridgehead atoms. The number of fused-ring (bicyclic) bond motifs is 1. The van der Waals surface area contributed by atoms with Crippen LogP contribution >= 0.6 is 0 Å². The van der Waals surface area contributed by atoms with Gasteiger partial charge in [-0.3, -0.25) is 4.90 Å². The summed E-state index contributed by atoms with van der Waals surface area (Å²) in [6.45, 7) is 4.73. The molecule has 2 heterocycles. The Morgan fingerprint density at radius 2 is 2.47 bits per heavy atom. The minimum absolute atomic E-state index is 0.281. The van der Waals surface area contributed by atoms with Gasteiger partial charge in [0.25, 0.3) is 0 Å². The minimum atomic E-state index is 0.281. The van der Waals surface area contributed by atoms with E-state index in [-0.39, 0.29) is 11.9 Å². The van der Waals surface area contributed by atoms with Crippen LogP contribution in [0, 0.1) is 0 Å².